The van der Waals surface area contributed by atoms with E-state index in [1.54, 1.807) is 26.0 Å². The van der Waals surface area contributed by atoms with Crippen LogP contribution in [0.3, 0.4) is 0 Å². The summed E-state index contributed by atoms with van der Waals surface area (Å²) < 4.78 is 27.7. The summed E-state index contributed by atoms with van der Waals surface area (Å²) in [7, 11) is 0. The Morgan fingerprint density at radius 2 is 2.00 bits per heavy atom. The highest BCUT2D eigenvalue weighted by atomic mass is 19.3. The van der Waals surface area contributed by atoms with Gasteiger partial charge in [-0.3, -0.25) is 0 Å². The van der Waals surface area contributed by atoms with Gasteiger partial charge in [0.2, 0.25) is 0 Å². The Balaban J connectivity index is 2.98. The van der Waals surface area contributed by atoms with Gasteiger partial charge in [0, 0.05) is 12.0 Å². The molecule has 1 unspecified atom stereocenters. The molecule has 0 saturated heterocycles. The van der Waals surface area contributed by atoms with Crippen molar-refractivity contribution < 1.29 is 13.9 Å². The van der Waals surface area contributed by atoms with Crippen molar-refractivity contribution in [2.75, 3.05) is 6.61 Å². The zero-order valence-corrected chi connectivity index (χ0v) is 10.2. The van der Waals surface area contributed by atoms with Gasteiger partial charge in [-0.1, -0.05) is 32.0 Å². The molecule has 0 spiro atoms. The van der Waals surface area contributed by atoms with Crippen LogP contribution in [-0.2, 0) is 5.92 Å². The summed E-state index contributed by atoms with van der Waals surface area (Å²) in [6, 6.07) is 5.37. The lowest BCUT2D eigenvalue weighted by molar-refractivity contribution is -0.0250. The minimum absolute atomic E-state index is 0.0346. The zero-order valence-electron chi connectivity index (χ0n) is 10.2. The van der Waals surface area contributed by atoms with Crippen LogP contribution >= 0.6 is 0 Å². The second kappa shape index (κ2) is 5.56. The van der Waals surface area contributed by atoms with Crippen LogP contribution in [0.4, 0.5) is 8.78 Å². The Kier molecular flexibility index (Phi) is 4.60. The number of hydrogen-bond donors (Lipinski definition) is 2. The maximum Gasteiger partial charge on any atom is 0.273 e. The molecule has 96 valence electrons. The van der Waals surface area contributed by atoms with E-state index >= 15 is 0 Å². The van der Waals surface area contributed by atoms with Gasteiger partial charge in [0.15, 0.2) is 0 Å². The molecule has 1 rings (SSSR count). The first kappa shape index (κ1) is 14.1. The molecular formula is C13H19F2NO. The van der Waals surface area contributed by atoms with Crippen LogP contribution in [0.5, 0.6) is 0 Å². The highest BCUT2D eigenvalue weighted by molar-refractivity contribution is 5.29. The van der Waals surface area contributed by atoms with Gasteiger partial charge in [0.25, 0.3) is 5.92 Å². The van der Waals surface area contributed by atoms with Crippen molar-refractivity contribution >= 4 is 0 Å². The lowest BCUT2D eigenvalue weighted by Crippen LogP contribution is -2.19. The molecule has 0 amide bonds. The van der Waals surface area contributed by atoms with Crippen molar-refractivity contribution in [3.8, 4) is 0 Å². The number of benzene rings is 1. The molecular weight excluding hydrogens is 224 g/mol. The summed E-state index contributed by atoms with van der Waals surface area (Å²) in [6.07, 6.45) is -0.190. The summed E-state index contributed by atoms with van der Waals surface area (Å²) in [5, 5.41) is 8.91. The summed E-state index contributed by atoms with van der Waals surface area (Å²) in [5.41, 5.74) is 6.11. The highest BCUT2D eigenvalue weighted by Crippen LogP contribution is 2.35. The molecule has 0 radical (unpaired) electrons. The predicted molar refractivity (Wildman–Crippen MR) is 63.8 cm³/mol. The Bertz CT molecular complexity index is 366. The molecule has 3 N–H and O–H groups in total. The van der Waals surface area contributed by atoms with E-state index in [0.717, 1.165) is 0 Å². The number of aliphatic hydroxyl groups is 1. The molecule has 4 heteroatoms. The van der Waals surface area contributed by atoms with Crippen LogP contribution in [0.1, 0.15) is 37.4 Å². The molecule has 0 saturated carbocycles. The average molecular weight is 243 g/mol. The monoisotopic (exact) mass is 243 g/mol. The van der Waals surface area contributed by atoms with Gasteiger partial charge in [-0.15, -0.1) is 0 Å². The van der Waals surface area contributed by atoms with E-state index in [0.29, 0.717) is 5.56 Å². The molecule has 0 heterocycles. The van der Waals surface area contributed by atoms with Gasteiger partial charge in [-0.2, -0.15) is 0 Å². The van der Waals surface area contributed by atoms with Gasteiger partial charge in [-0.25, -0.2) is 8.78 Å². The fourth-order valence-electron chi connectivity index (χ4n) is 1.73. The first-order valence-electron chi connectivity index (χ1n) is 5.71. The van der Waals surface area contributed by atoms with E-state index < -0.39 is 12.0 Å². The SMILES string of the molecule is CC(C)CC(F)(F)c1cccc(C(N)CO)c1. The predicted octanol–water partition coefficient (Wildman–Crippen LogP) is 2.82. The fraction of sp³-hybridized carbons (Fsp3) is 0.538. The Morgan fingerprint density at radius 3 is 2.53 bits per heavy atom. The van der Waals surface area contributed by atoms with E-state index in [1.807, 2.05) is 0 Å². The Hall–Kier alpha value is -1.00. The van der Waals surface area contributed by atoms with Crippen molar-refractivity contribution in [1.29, 1.82) is 0 Å². The molecule has 0 bridgehead atoms. The van der Waals surface area contributed by atoms with Gasteiger partial charge < -0.3 is 10.8 Å². The van der Waals surface area contributed by atoms with E-state index in [-0.39, 0.29) is 24.5 Å². The molecule has 1 aromatic carbocycles. The summed E-state index contributed by atoms with van der Waals surface area (Å²) in [6.45, 7) is 3.27. The summed E-state index contributed by atoms with van der Waals surface area (Å²) >= 11 is 0. The van der Waals surface area contributed by atoms with Gasteiger partial charge in [-0.05, 0) is 17.5 Å². The topological polar surface area (TPSA) is 46.2 Å². The van der Waals surface area contributed by atoms with Crippen molar-refractivity contribution in [3.05, 3.63) is 35.4 Å². The lowest BCUT2D eigenvalue weighted by atomic mass is 9.96. The second-order valence-corrected chi connectivity index (χ2v) is 4.72. The number of halogens is 2. The lowest BCUT2D eigenvalue weighted by Gasteiger charge is -2.20. The molecule has 0 aromatic heterocycles. The molecule has 0 fully saturated rings. The summed E-state index contributed by atoms with van der Waals surface area (Å²) in [4.78, 5) is 0. The molecule has 2 nitrogen and oxygen atoms in total. The van der Waals surface area contributed by atoms with Crippen LogP contribution in [-0.4, -0.2) is 11.7 Å². The first-order chi connectivity index (χ1) is 7.86. The van der Waals surface area contributed by atoms with Crippen molar-refractivity contribution in [2.24, 2.45) is 11.7 Å². The Labute approximate surface area is 100 Å². The van der Waals surface area contributed by atoms with Gasteiger partial charge in [0.1, 0.15) is 0 Å². The van der Waals surface area contributed by atoms with E-state index in [4.69, 9.17) is 10.8 Å². The molecule has 1 aromatic rings. The molecule has 17 heavy (non-hydrogen) atoms. The minimum Gasteiger partial charge on any atom is -0.394 e. The number of alkyl halides is 2. The standard InChI is InChI=1S/C13H19F2NO/c1-9(2)7-13(14,15)11-5-3-4-10(6-11)12(16)8-17/h3-6,9,12,17H,7-8,16H2,1-2H3. The van der Waals surface area contributed by atoms with E-state index in [9.17, 15) is 8.78 Å². The van der Waals surface area contributed by atoms with Crippen LogP contribution in [0.2, 0.25) is 0 Å². The van der Waals surface area contributed by atoms with Crippen LogP contribution < -0.4 is 5.73 Å². The zero-order chi connectivity index (χ0) is 13.1. The maximum atomic E-state index is 13.9. The van der Waals surface area contributed by atoms with Crippen molar-refractivity contribution in [1.82, 2.24) is 0 Å². The molecule has 0 aliphatic heterocycles. The summed E-state index contributed by atoms with van der Waals surface area (Å²) in [5.74, 6) is -2.93. The van der Waals surface area contributed by atoms with E-state index in [1.165, 1.54) is 12.1 Å². The molecule has 0 aliphatic carbocycles. The van der Waals surface area contributed by atoms with Crippen LogP contribution in [0.15, 0.2) is 24.3 Å². The first-order valence-corrected chi connectivity index (χ1v) is 5.71. The minimum atomic E-state index is -2.85. The third-order valence-electron chi connectivity index (χ3n) is 2.60. The third kappa shape index (κ3) is 3.75. The highest BCUT2D eigenvalue weighted by Gasteiger charge is 2.32. The number of aliphatic hydroxyl groups excluding tert-OH is 1. The van der Waals surface area contributed by atoms with Crippen LogP contribution in [0, 0.1) is 5.92 Å². The van der Waals surface area contributed by atoms with Crippen LogP contribution in [0.25, 0.3) is 0 Å². The largest absolute Gasteiger partial charge is 0.394 e. The quantitative estimate of drug-likeness (QED) is 0.835. The fourth-order valence-corrected chi connectivity index (χ4v) is 1.73. The smallest absolute Gasteiger partial charge is 0.273 e. The maximum absolute atomic E-state index is 13.9. The Morgan fingerprint density at radius 1 is 1.35 bits per heavy atom. The van der Waals surface area contributed by atoms with Gasteiger partial charge >= 0.3 is 0 Å². The molecule has 1 atom stereocenters. The van der Waals surface area contributed by atoms with Crippen molar-refractivity contribution in [2.45, 2.75) is 32.2 Å². The van der Waals surface area contributed by atoms with Crippen molar-refractivity contribution in [3.63, 3.8) is 0 Å². The van der Waals surface area contributed by atoms with E-state index in [2.05, 4.69) is 0 Å². The molecule has 0 aliphatic rings. The number of hydrogen-bond acceptors (Lipinski definition) is 2. The number of nitrogens with two attached hydrogens (primary N) is 1. The average Bonchev–Trinajstić information content (AvgIpc) is 2.26. The number of rotatable bonds is 5. The normalized spacial score (nSPS) is 14.1. The van der Waals surface area contributed by atoms with Gasteiger partial charge in [0.05, 0.1) is 12.6 Å². The third-order valence-corrected chi connectivity index (χ3v) is 2.60. The second-order valence-electron chi connectivity index (χ2n) is 4.72.